The van der Waals surface area contributed by atoms with Crippen LogP contribution in [0.4, 0.5) is 0 Å². The molecular weight excluding hydrogens is 524 g/mol. The van der Waals surface area contributed by atoms with Crippen molar-refractivity contribution >= 4 is 5.97 Å². The maximum Gasteiger partial charge on any atom is 0.305 e. The molecule has 6 N–H and O–H groups in total. The van der Waals surface area contributed by atoms with Crippen LogP contribution in [0.15, 0.2) is 0 Å². The highest BCUT2D eigenvalue weighted by Crippen LogP contribution is 2.68. The highest BCUT2D eigenvalue weighted by atomic mass is 16.5. The Hall–Kier alpha value is -0.730. The van der Waals surface area contributed by atoms with Gasteiger partial charge in [0.2, 0.25) is 0 Å². The second-order valence-corrected chi connectivity index (χ2v) is 15.2. The largest absolute Gasteiger partial charge is 0.469 e. The zero-order valence-electron chi connectivity index (χ0n) is 27.6. The number of ether oxygens (including phenoxy) is 1. The summed E-state index contributed by atoms with van der Waals surface area (Å²) in [7, 11) is 1.50. The molecule has 4 saturated carbocycles. The third kappa shape index (κ3) is 7.91. The van der Waals surface area contributed by atoms with Gasteiger partial charge in [-0.25, -0.2) is 0 Å². The summed E-state index contributed by atoms with van der Waals surface area (Å²) < 4.78 is 4.93. The molecule has 0 amide bonds. The van der Waals surface area contributed by atoms with Gasteiger partial charge >= 0.3 is 5.97 Å². The monoisotopic (exact) mass is 591 g/mol. The molecule has 6 unspecified atom stereocenters. The number of aliphatic hydroxyl groups excluding tert-OH is 1. The minimum atomic E-state index is -0.152. The number of nitrogens with two attached hydrogens (primary N) is 1. The second kappa shape index (κ2) is 16.0. The molecule has 244 valence electrons. The van der Waals surface area contributed by atoms with Crippen LogP contribution in [0, 0.1) is 46.3 Å². The first kappa shape index (κ1) is 34.1. The van der Waals surface area contributed by atoms with Crippen LogP contribution in [0.1, 0.15) is 111 Å². The number of aliphatic hydroxyl groups is 1. The number of nitrogens with one attached hydrogen (secondary N) is 3. The number of esters is 1. The maximum absolute atomic E-state index is 11.8. The lowest BCUT2D eigenvalue weighted by Crippen LogP contribution is -2.59. The molecule has 0 aliphatic heterocycles. The van der Waals surface area contributed by atoms with E-state index in [2.05, 4.69) is 36.7 Å². The lowest BCUT2D eigenvalue weighted by atomic mass is 9.43. The van der Waals surface area contributed by atoms with E-state index in [-0.39, 0.29) is 12.1 Å². The summed E-state index contributed by atoms with van der Waals surface area (Å²) in [6.45, 7) is 13.7. The summed E-state index contributed by atoms with van der Waals surface area (Å²) in [5.41, 5.74) is 6.21. The van der Waals surface area contributed by atoms with Gasteiger partial charge < -0.3 is 31.5 Å². The molecule has 7 heteroatoms. The second-order valence-electron chi connectivity index (χ2n) is 15.2. The molecule has 0 aromatic rings. The minimum absolute atomic E-state index is 0.0810. The van der Waals surface area contributed by atoms with Crippen molar-refractivity contribution in [3.63, 3.8) is 0 Å². The van der Waals surface area contributed by atoms with E-state index in [1.54, 1.807) is 0 Å². The van der Waals surface area contributed by atoms with Crippen LogP contribution in [0.25, 0.3) is 0 Å². The zero-order chi connectivity index (χ0) is 30.2. The van der Waals surface area contributed by atoms with E-state index < -0.39 is 0 Å². The van der Waals surface area contributed by atoms with E-state index in [0.717, 1.165) is 58.5 Å². The number of unbranched alkanes of at least 4 members (excludes halogenated alkanes) is 1. The lowest BCUT2D eigenvalue weighted by molar-refractivity contribution is -0.167. The molecule has 4 aliphatic rings. The van der Waals surface area contributed by atoms with Crippen LogP contribution >= 0.6 is 0 Å². The quantitative estimate of drug-likeness (QED) is 0.122. The van der Waals surface area contributed by atoms with Crippen LogP contribution in [0.5, 0.6) is 0 Å². The first-order chi connectivity index (χ1) is 20.2. The van der Waals surface area contributed by atoms with Crippen molar-refractivity contribution in [1.82, 2.24) is 16.0 Å². The molecule has 0 heterocycles. The third-order valence-electron chi connectivity index (χ3n) is 13.0. The summed E-state index contributed by atoms with van der Waals surface area (Å²) in [4.78, 5) is 11.8. The fraction of sp³-hybridized carbons (Fsp3) is 0.971. The summed E-state index contributed by atoms with van der Waals surface area (Å²) in [5.74, 6) is 3.49. The van der Waals surface area contributed by atoms with E-state index >= 15 is 0 Å². The molecule has 4 aliphatic carbocycles. The fourth-order valence-electron chi connectivity index (χ4n) is 10.5. The number of hydrogen-bond acceptors (Lipinski definition) is 7. The van der Waals surface area contributed by atoms with Gasteiger partial charge in [-0.05, 0) is 169 Å². The van der Waals surface area contributed by atoms with Crippen molar-refractivity contribution in [2.75, 3.05) is 46.4 Å². The Morgan fingerprint density at radius 3 is 2.29 bits per heavy atom. The minimum Gasteiger partial charge on any atom is -0.469 e. The zero-order valence-corrected chi connectivity index (χ0v) is 27.6. The fourth-order valence-corrected chi connectivity index (χ4v) is 10.5. The van der Waals surface area contributed by atoms with Gasteiger partial charge in [-0.15, -0.1) is 0 Å². The first-order valence-electron chi connectivity index (χ1n) is 17.8. The smallest absolute Gasteiger partial charge is 0.305 e. The SMILES string of the molecule is COC(=O)CCC(C)[C@H]1CCC2C3C(O)C[C@H]4CC(NCCCNCCCCNCCCN)CC[C@]4(C)C3CC[C@@]21C. The Morgan fingerprint density at radius 2 is 1.57 bits per heavy atom. The molecule has 4 rings (SSSR count). The molecule has 0 bridgehead atoms. The van der Waals surface area contributed by atoms with Crippen molar-refractivity contribution in [1.29, 1.82) is 0 Å². The Kier molecular flexibility index (Phi) is 13.0. The Bertz CT molecular complexity index is 828. The van der Waals surface area contributed by atoms with E-state index in [0.29, 0.717) is 58.8 Å². The Labute approximate surface area is 257 Å². The highest BCUT2D eigenvalue weighted by Gasteiger charge is 2.62. The van der Waals surface area contributed by atoms with Crippen LogP contribution in [0.2, 0.25) is 0 Å². The van der Waals surface area contributed by atoms with Crippen molar-refractivity contribution in [3.05, 3.63) is 0 Å². The summed E-state index contributed by atoms with van der Waals surface area (Å²) in [6, 6.07) is 0.604. The Morgan fingerprint density at radius 1 is 0.905 bits per heavy atom. The first-order valence-corrected chi connectivity index (χ1v) is 17.8. The van der Waals surface area contributed by atoms with Gasteiger partial charge in [0.15, 0.2) is 0 Å². The molecule has 0 aromatic heterocycles. The normalized spacial score (nSPS) is 38.4. The molecule has 0 spiro atoms. The van der Waals surface area contributed by atoms with E-state index in [9.17, 15) is 9.90 Å². The number of fused-ring (bicyclic) bond motifs is 5. The predicted octanol–water partition coefficient (Wildman–Crippen LogP) is 4.86. The lowest BCUT2D eigenvalue weighted by Gasteiger charge is -2.62. The number of methoxy groups -OCH3 is 1. The maximum atomic E-state index is 11.8. The number of rotatable bonds is 17. The molecule has 0 saturated heterocycles. The van der Waals surface area contributed by atoms with Crippen molar-refractivity contribution in [3.8, 4) is 0 Å². The average molecular weight is 591 g/mol. The molecular formula is C35H66N4O3. The van der Waals surface area contributed by atoms with Gasteiger partial charge in [-0.3, -0.25) is 4.79 Å². The standard InChI is InChI=1S/C35H66N4O3/c1-25(9-12-32(41)42-4)28-10-11-29-33-30(14-16-35(28,29)3)34(2)15-13-27(23-26(34)24-31(33)40)39-22-8-21-38-19-6-5-18-37-20-7-17-36/h25-31,33,37-40H,5-24,36H2,1-4H3/t25?,26-,27?,28-,29?,30?,31?,33?,34+,35-/m1/s1. The van der Waals surface area contributed by atoms with Crippen LogP contribution < -0.4 is 21.7 Å². The molecule has 0 radical (unpaired) electrons. The van der Waals surface area contributed by atoms with Crippen LogP contribution in [-0.4, -0.2) is 69.6 Å². The van der Waals surface area contributed by atoms with Crippen molar-refractivity contribution in [2.24, 2.45) is 52.1 Å². The predicted molar refractivity (Wildman–Crippen MR) is 172 cm³/mol. The van der Waals surface area contributed by atoms with Gasteiger partial charge in [-0.2, -0.15) is 0 Å². The molecule has 10 atom stereocenters. The van der Waals surface area contributed by atoms with E-state index in [1.807, 2.05) is 0 Å². The third-order valence-corrected chi connectivity index (χ3v) is 13.0. The van der Waals surface area contributed by atoms with Crippen molar-refractivity contribution in [2.45, 2.75) is 123 Å². The van der Waals surface area contributed by atoms with E-state index in [1.165, 1.54) is 71.3 Å². The molecule has 4 fully saturated rings. The number of carbonyl (C=O) groups is 1. The van der Waals surface area contributed by atoms with Gasteiger partial charge in [0, 0.05) is 12.5 Å². The molecule has 0 aromatic carbocycles. The Balaban J connectivity index is 1.20. The van der Waals surface area contributed by atoms with Crippen LogP contribution in [0.3, 0.4) is 0 Å². The van der Waals surface area contributed by atoms with E-state index in [4.69, 9.17) is 10.5 Å². The number of hydrogen-bond donors (Lipinski definition) is 5. The summed E-state index contributed by atoms with van der Waals surface area (Å²) in [6.07, 6.45) is 15.9. The van der Waals surface area contributed by atoms with Crippen molar-refractivity contribution < 1.29 is 14.6 Å². The summed E-state index contributed by atoms with van der Waals surface area (Å²) >= 11 is 0. The summed E-state index contributed by atoms with van der Waals surface area (Å²) in [5, 5.41) is 22.7. The van der Waals surface area contributed by atoms with Gasteiger partial charge in [0.05, 0.1) is 13.2 Å². The van der Waals surface area contributed by atoms with Crippen LogP contribution in [-0.2, 0) is 9.53 Å². The molecule has 7 nitrogen and oxygen atoms in total. The highest BCUT2D eigenvalue weighted by molar-refractivity contribution is 5.69. The van der Waals surface area contributed by atoms with Gasteiger partial charge in [-0.1, -0.05) is 20.8 Å². The molecule has 42 heavy (non-hydrogen) atoms. The van der Waals surface area contributed by atoms with Gasteiger partial charge in [0.25, 0.3) is 0 Å². The topological polar surface area (TPSA) is 109 Å². The van der Waals surface area contributed by atoms with Gasteiger partial charge in [0.1, 0.15) is 0 Å². The average Bonchev–Trinajstić information content (AvgIpc) is 3.34. The number of carbonyl (C=O) groups excluding carboxylic acids is 1.